The molecule has 3 aromatic carbocycles. The van der Waals surface area contributed by atoms with Gasteiger partial charge in [-0.3, -0.25) is 24.2 Å². The Bertz CT molecular complexity index is 1330. The molecule has 2 atom stereocenters. The second-order valence-corrected chi connectivity index (χ2v) is 9.50. The lowest BCUT2D eigenvalue weighted by atomic mass is 10.0. The van der Waals surface area contributed by atoms with Crippen LogP contribution in [0.5, 0.6) is 0 Å². The van der Waals surface area contributed by atoms with Crippen molar-refractivity contribution in [2.75, 3.05) is 19.6 Å². The molecule has 4 amide bonds. The van der Waals surface area contributed by atoms with Crippen LogP contribution in [0.4, 0.5) is 0 Å². The van der Waals surface area contributed by atoms with Gasteiger partial charge in [-0.05, 0) is 42.5 Å². The fourth-order valence-corrected chi connectivity index (χ4v) is 4.11. The van der Waals surface area contributed by atoms with Crippen molar-refractivity contribution >= 4 is 29.6 Å². The molecule has 0 saturated heterocycles. The first-order valence-corrected chi connectivity index (χ1v) is 13.7. The van der Waals surface area contributed by atoms with Crippen LogP contribution in [0.15, 0.2) is 96.0 Å². The highest BCUT2D eigenvalue weighted by molar-refractivity contribution is 5.98. The Morgan fingerprint density at radius 3 is 2.00 bits per heavy atom. The molecule has 0 aromatic heterocycles. The van der Waals surface area contributed by atoms with E-state index in [-0.39, 0.29) is 31.4 Å². The van der Waals surface area contributed by atoms with Gasteiger partial charge in [-0.1, -0.05) is 78.9 Å². The van der Waals surface area contributed by atoms with Gasteiger partial charge in [0.15, 0.2) is 5.96 Å². The van der Waals surface area contributed by atoms with Crippen LogP contribution in [0.1, 0.15) is 40.4 Å². The van der Waals surface area contributed by atoms with Crippen LogP contribution < -0.4 is 32.7 Å². The molecule has 0 spiro atoms. The molecule has 0 bridgehead atoms. The summed E-state index contributed by atoms with van der Waals surface area (Å²) in [6.45, 7) is 0.412. The average Bonchev–Trinajstić information content (AvgIpc) is 3.01. The van der Waals surface area contributed by atoms with Gasteiger partial charge in [-0.15, -0.1) is 0 Å². The van der Waals surface area contributed by atoms with E-state index in [4.69, 9.17) is 11.5 Å². The van der Waals surface area contributed by atoms with E-state index in [0.717, 1.165) is 5.56 Å². The number of benzene rings is 3. The number of nitrogens with two attached hydrogens (primary N) is 2. The van der Waals surface area contributed by atoms with E-state index in [1.165, 1.54) is 0 Å². The Balaban J connectivity index is 1.65. The Labute approximate surface area is 245 Å². The van der Waals surface area contributed by atoms with E-state index in [2.05, 4.69) is 26.3 Å². The Hall–Kier alpha value is -5.19. The van der Waals surface area contributed by atoms with Crippen molar-refractivity contribution in [2.24, 2.45) is 16.5 Å². The third kappa shape index (κ3) is 10.8. The number of nitrogens with one attached hydrogen (secondary N) is 4. The Morgan fingerprint density at radius 2 is 1.36 bits per heavy atom. The van der Waals surface area contributed by atoms with Crippen LogP contribution in [-0.4, -0.2) is 55.3 Å². The highest BCUT2D eigenvalue weighted by Crippen LogP contribution is 2.14. The molecule has 0 unspecified atom stereocenters. The molecule has 11 heteroatoms. The standard InChI is InChI=1S/C31H37N7O4/c32-31(33)35-19-10-17-25(37-28(40)24-15-8-3-9-16-24)29(41)38-27(23-13-6-2-7-14-23)30(42)36-21-26(39)34-20-18-22-11-4-1-5-12-22/h1-9,11-16,25,27H,10,17-21H2,(H,34,39)(H,36,42)(H,37,40)(H,38,41)(H4,32,33,35)/t25-,27-/m0/s1. The SMILES string of the molecule is NC(N)=NCCC[C@H](NC(=O)c1ccccc1)C(=O)N[C@H](C(=O)NCC(=O)NCCc1ccccc1)c1ccccc1. The highest BCUT2D eigenvalue weighted by atomic mass is 16.2. The Morgan fingerprint density at radius 1 is 0.738 bits per heavy atom. The topological polar surface area (TPSA) is 181 Å². The predicted molar refractivity (Wildman–Crippen MR) is 161 cm³/mol. The van der Waals surface area contributed by atoms with E-state index < -0.39 is 29.8 Å². The summed E-state index contributed by atoms with van der Waals surface area (Å²) in [5.41, 5.74) is 12.8. The summed E-state index contributed by atoms with van der Waals surface area (Å²) in [5.74, 6) is -2.01. The highest BCUT2D eigenvalue weighted by Gasteiger charge is 2.28. The monoisotopic (exact) mass is 571 g/mol. The fourth-order valence-electron chi connectivity index (χ4n) is 4.11. The molecule has 0 heterocycles. The quantitative estimate of drug-likeness (QED) is 0.0905. The maximum atomic E-state index is 13.5. The molecule has 0 aliphatic heterocycles. The summed E-state index contributed by atoms with van der Waals surface area (Å²) in [5, 5.41) is 10.9. The van der Waals surface area contributed by atoms with Crippen LogP contribution >= 0.6 is 0 Å². The molecular weight excluding hydrogens is 534 g/mol. The molecule has 0 radical (unpaired) electrons. The number of guanidine groups is 1. The molecule has 3 rings (SSSR count). The zero-order valence-corrected chi connectivity index (χ0v) is 23.3. The second kappa shape index (κ2) is 16.8. The molecule has 3 aromatic rings. The van der Waals surface area contributed by atoms with Gasteiger partial charge in [-0.25, -0.2) is 0 Å². The maximum absolute atomic E-state index is 13.5. The smallest absolute Gasteiger partial charge is 0.251 e. The molecule has 0 aliphatic carbocycles. The molecule has 11 nitrogen and oxygen atoms in total. The van der Waals surface area contributed by atoms with Gasteiger partial charge in [0, 0.05) is 18.7 Å². The van der Waals surface area contributed by atoms with Gasteiger partial charge in [0.1, 0.15) is 12.1 Å². The molecule has 0 saturated carbocycles. The minimum Gasteiger partial charge on any atom is -0.370 e. The van der Waals surface area contributed by atoms with Gasteiger partial charge >= 0.3 is 0 Å². The van der Waals surface area contributed by atoms with Crippen molar-refractivity contribution in [1.82, 2.24) is 21.3 Å². The van der Waals surface area contributed by atoms with E-state index in [9.17, 15) is 19.2 Å². The Kier molecular flexibility index (Phi) is 12.5. The summed E-state index contributed by atoms with van der Waals surface area (Å²) >= 11 is 0. The van der Waals surface area contributed by atoms with Crippen LogP contribution in [0, 0.1) is 0 Å². The molecule has 42 heavy (non-hydrogen) atoms. The largest absolute Gasteiger partial charge is 0.370 e. The number of amides is 4. The molecule has 0 aliphatic rings. The third-order valence-electron chi connectivity index (χ3n) is 6.29. The van der Waals surface area contributed by atoms with Gasteiger partial charge in [0.2, 0.25) is 17.7 Å². The van der Waals surface area contributed by atoms with Crippen molar-refractivity contribution in [2.45, 2.75) is 31.3 Å². The summed E-state index contributed by atoms with van der Waals surface area (Å²) in [6.07, 6.45) is 1.27. The normalized spacial score (nSPS) is 11.8. The number of carbonyl (C=O) groups excluding carboxylic acids is 4. The van der Waals surface area contributed by atoms with Gasteiger partial charge in [-0.2, -0.15) is 0 Å². The van der Waals surface area contributed by atoms with Gasteiger partial charge in [0.05, 0.1) is 6.54 Å². The summed E-state index contributed by atoms with van der Waals surface area (Å²) in [7, 11) is 0. The fraction of sp³-hybridized carbons (Fsp3) is 0.258. The van der Waals surface area contributed by atoms with Crippen molar-refractivity contribution in [1.29, 1.82) is 0 Å². The van der Waals surface area contributed by atoms with Crippen LogP contribution in [0.3, 0.4) is 0 Å². The van der Waals surface area contributed by atoms with Crippen LogP contribution in [0.25, 0.3) is 0 Å². The minimum atomic E-state index is -1.11. The lowest BCUT2D eigenvalue weighted by Crippen LogP contribution is -2.51. The maximum Gasteiger partial charge on any atom is 0.251 e. The zero-order chi connectivity index (χ0) is 30.2. The number of carbonyl (C=O) groups is 4. The molecule has 0 fully saturated rings. The number of hydrogen-bond donors (Lipinski definition) is 6. The number of nitrogens with zero attached hydrogens (tertiary/aromatic N) is 1. The van der Waals surface area contributed by atoms with Crippen molar-refractivity contribution < 1.29 is 19.2 Å². The van der Waals surface area contributed by atoms with E-state index in [0.29, 0.717) is 30.5 Å². The molecule has 8 N–H and O–H groups in total. The van der Waals surface area contributed by atoms with Crippen LogP contribution in [-0.2, 0) is 20.8 Å². The lowest BCUT2D eigenvalue weighted by Gasteiger charge is -2.23. The summed E-state index contributed by atoms with van der Waals surface area (Å²) < 4.78 is 0. The van der Waals surface area contributed by atoms with Crippen molar-refractivity contribution in [3.8, 4) is 0 Å². The predicted octanol–water partition coefficient (Wildman–Crippen LogP) is 1.17. The summed E-state index contributed by atoms with van der Waals surface area (Å²) in [6, 6.07) is 24.8. The van der Waals surface area contributed by atoms with Gasteiger partial charge < -0.3 is 32.7 Å². The van der Waals surface area contributed by atoms with Crippen LogP contribution in [0.2, 0.25) is 0 Å². The van der Waals surface area contributed by atoms with Crippen molar-refractivity contribution in [3.63, 3.8) is 0 Å². The van der Waals surface area contributed by atoms with Crippen molar-refractivity contribution in [3.05, 3.63) is 108 Å². The number of aliphatic imine (C=N–C) groups is 1. The first-order chi connectivity index (χ1) is 20.3. The second-order valence-electron chi connectivity index (χ2n) is 9.50. The number of hydrogen-bond acceptors (Lipinski definition) is 5. The van der Waals surface area contributed by atoms with E-state index >= 15 is 0 Å². The molecule has 220 valence electrons. The minimum absolute atomic E-state index is 0.0748. The average molecular weight is 572 g/mol. The first-order valence-electron chi connectivity index (χ1n) is 13.7. The lowest BCUT2D eigenvalue weighted by molar-refractivity contribution is -0.131. The van der Waals surface area contributed by atoms with Gasteiger partial charge in [0.25, 0.3) is 5.91 Å². The van der Waals surface area contributed by atoms with E-state index in [1.807, 2.05) is 30.3 Å². The third-order valence-corrected chi connectivity index (χ3v) is 6.29. The number of rotatable bonds is 15. The zero-order valence-electron chi connectivity index (χ0n) is 23.3. The molecular formula is C31H37N7O4. The van der Waals surface area contributed by atoms with E-state index in [1.54, 1.807) is 60.7 Å². The first kappa shape index (κ1) is 31.3. The summed E-state index contributed by atoms with van der Waals surface area (Å²) in [4.78, 5) is 55.9.